The van der Waals surface area contributed by atoms with E-state index < -0.39 is 28.7 Å². The second-order valence-electron chi connectivity index (χ2n) is 4.79. The molecule has 0 N–H and O–H groups in total. The molecule has 10 heteroatoms. The van der Waals surface area contributed by atoms with Crippen LogP contribution in [0.5, 0.6) is 0 Å². The minimum atomic E-state index is -4.28. The van der Waals surface area contributed by atoms with Crippen LogP contribution in [-0.4, -0.2) is 75.4 Å². The van der Waals surface area contributed by atoms with Gasteiger partial charge in [0.05, 0.1) is 19.4 Å². The molecule has 1 aliphatic heterocycles. The van der Waals surface area contributed by atoms with E-state index in [1.54, 1.807) is 0 Å². The van der Waals surface area contributed by atoms with Crippen LogP contribution in [0.2, 0.25) is 0 Å². The van der Waals surface area contributed by atoms with E-state index in [9.17, 15) is 26.4 Å². The fourth-order valence-corrected chi connectivity index (χ4v) is 3.54. The Morgan fingerprint density at radius 2 is 1.76 bits per heavy atom. The lowest BCUT2D eigenvalue weighted by Crippen LogP contribution is -2.51. The number of carbonyl (C=O) groups excluding carboxylic acids is 1. The van der Waals surface area contributed by atoms with Crippen LogP contribution in [0.1, 0.15) is 12.8 Å². The summed E-state index contributed by atoms with van der Waals surface area (Å²) < 4.78 is 66.2. The van der Waals surface area contributed by atoms with Crippen LogP contribution < -0.4 is 0 Å². The maximum atomic E-state index is 12.2. The van der Waals surface area contributed by atoms with Crippen LogP contribution in [-0.2, 0) is 19.6 Å². The van der Waals surface area contributed by atoms with E-state index in [0.29, 0.717) is 0 Å². The topological polar surface area (TPSA) is 66.9 Å². The highest BCUT2D eigenvalue weighted by Crippen LogP contribution is 2.18. The third-order valence-corrected chi connectivity index (χ3v) is 5.09. The Bertz CT molecular complexity index is 445. The van der Waals surface area contributed by atoms with Crippen molar-refractivity contribution in [2.45, 2.75) is 19.0 Å². The monoisotopic (exact) mass is 332 g/mol. The molecule has 0 bridgehead atoms. The predicted molar refractivity (Wildman–Crippen MR) is 69.1 cm³/mol. The first-order valence-electron chi connectivity index (χ1n) is 6.48. The summed E-state index contributed by atoms with van der Waals surface area (Å²) in [6.45, 7) is -0.845. The van der Waals surface area contributed by atoms with Crippen molar-refractivity contribution in [2.75, 3.05) is 45.6 Å². The van der Waals surface area contributed by atoms with Crippen LogP contribution >= 0.6 is 0 Å². The van der Waals surface area contributed by atoms with Gasteiger partial charge in [-0.05, 0) is 6.42 Å². The number of piperazine rings is 1. The zero-order valence-corrected chi connectivity index (χ0v) is 12.5. The van der Waals surface area contributed by atoms with Gasteiger partial charge in [0.15, 0.2) is 0 Å². The van der Waals surface area contributed by atoms with E-state index in [2.05, 4.69) is 4.74 Å². The average molecular weight is 332 g/mol. The predicted octanol–water partition coefficient (Wildman–Crippen LogP) is 0.449. The van der Waals surface area contributed by atoms with E-state index in [0.717, 1.165) is 0 Å². The maximum Gasteiger partial charge on any atom is 0.401 e. The van der Waals surface area contributed by atoms with Gasteiger partial charge in [-0.2, -0.15) is 17.5 Å². The first-order chi connectivity index (χ1) is 9.64. The van der Waals surface area contributed by atoms with Crippen LogP contribution in [0.15, 0.2) is 0 Å². The largest absolute Gasteiger partial charge is 0.469 e. The molecule has 0 atom stereocenters. The van der Waals surface area contributed by atoms with E-state index in [1.807, 2.05) is 0 Å². The first-order valence-corrected chi connectivity index (χ1v) is 8.09. The summed E-state index contributed by atoms with van der Waals surface area (Å²) in [7, 11) is -2.32. The van der Waals surface area contributed by atoms with Gasteiger partial charge < -0.3 is 4.74 Å². The molecule has 0 saturated carbocycles. The number of alkyl halides is 3. The van der Waals surface area contributed by atoms with Crippen LogP contribution in [0.25, 0.3) is 0 Å². The molecular weight excluding hydrogens is 313 g/mol. The number of esters is 1. The second kappa shape index (κ2) is 7.41. The summed E-state index contributed by atoms with van der Waals surface area (Å²) >= 11 is 0. The average Bonchev–Trinajstić information content (AvgIpc) is 2.37. The number of sulfonamides is 1. The molecule has 6 nitrogen and oxygen atoms in total. The molecule has 0 spiro atoms. The van der Waals surface area contributed by atoms with Crippen molar-refractivity contribution in [1.29, 1.82) is 0 Å². The molecule has 1 fully saturated rings. The Labute approximate surface area is 121 Å². The van der Waals surface area contributed by atoms with Gasteiger partial charge in [-0.25, -0.2) is 8.42 Å². The number of carbonyl (C=O) groups is 1. The fraction of sp³-hybridized carbons (Fsp3) is 0.909. The van der Waals surface area contributed by atoms with Crippen molar-refractivity contribution in [1.82, 2.24) is 9.21 Å². The molecule has 0 aromatic carbocycles. The summed E-state index contributed by atoms with van der Waals surface area (Å²) in [5.74, 6) is -0.693. The third kappa shape index (κ3) is 6.62. The van der Waals surface area contributed by atoms with Crippen LogP contribution in [0.4, 0.5) is 13.2 Å². The van der Waals surface area contributed by atoms with Gasteiger partial charge in [0.25, 0.3) is 0 Å². The van der Waals surface area contributed by atoms with Crippen molar-refractivity contribution in [3.8, 4) is 0 Å². The quantitative estimate of drug-likeness (QED) is 0.661. The number of hydrogen-bond donors (Lipinski definition) is 0. The highest BCUT2D eigenvalue weighted by molar-refractivity contribution is 7.89. The highest BCUT2D eigenvalue weighted by atomic mass is 32.2. The normalized spacial score (nSPS) is 18.7. The molecule has 0 radical (unpaired) electrons. The van der Waals surface area contributed by atoms with Gasteiger partial charge in [-0.3, -0.25) is 9.69 Å². The number of halogens is 3. The molecular formula is C11H19F3N2O4S. The Hall–Kier alpha value is -0.870. The van der Waals surface area contributed by atoms with E-state index in [4.69, 9.17) is 0 Å². The number of ether oxygens (including phenoxy) is 1. The van der Waals surface area contributed by atoms with E-state index >= 15 is 0 Å². The van der Waals surface area contributed by atoms with Crippen molar-refractivity contribution in [3.63, 3.8) is 0 Å². The first kappa shape index (κ1) is 18.2. The molecule has 0 aromatic heterocycles. The van der Waals surface area contributed by atoms with Gasteiger partial charge in [0.1, 0.15) is 0 Å². The number of hydrogen-bond acceptors (Lipinski definition) is 5. The molecule has 0 aromatic rings. The van der Waals surface area contributed by atoms with E-state index in [1.165, 1.54) is 16.3 Å². The van der Waals surface area contributed by atoms with Gasteiger partial charge in [-0.1, -0.05) is 0 Å². The highest BCUT2D eigenvalue weighted by Gasteiger charge is 2.34. The third-order valence-electron chi connectivity index (χ3n) is 3.14. The Kier molecular flexibility index (Phi) is 6.41. The smallest absolute Gasteiger partial charge is 0.401 e. The molecule has 21 heavy (non-hydrogen) atoms. The SMILES string of the molecule is COC(=O)CCCS(=O)(=O)N1CCN(CC(F)(F)F)CC1. The Balaban J connectivity index is 2.40. The summed E-state index contributed by atoms with van der Waals surface area (Å²) in [6.07, 6.45) is -4.14. The maximum absolute atomic E-state index is 12.2. The summed E-state index contributed by atoms with van der Waals surface area (Å²) in [6, 6.07) is 0. The number of methoxy groups -OCH3 is 1. The van der Waals surface area contributed by atoms with Crippen LogP contribution in [0, 0.1) is 0 Å². The van der Waals surface area contributed by atoms with Crippen molar-refractivity contribution >= 4 is 16.0 Å². The van der Waals surface area contributed by atoms with Crippen molar-refractivity contribution in [2.24, 2.45) is 0 Å². The minimum absolute atomic E-state index is 0.00374. The lowest BCUT2D eigenvalue weighted by molar-refractivity contribution is -0.148. The lowest BCUT2D eigenvalue weighted by Gasteiger charge is -2.34. The van der Waals surface area contributed by atoms with Gasteiger partial charge in [0.2, 0.25) is 10.0 Å². The standard InChI is InChI=1S/C11H19F3N2O4S/c1-20-10(17)3-2-8-21(18,19)16-6-4-15(5-7-16)9-11(12,13)14/h2-9H2,1H3. The van der Waals surface area contributed by atoms with Crippen molar-refractivity contribution in [3.05, 3.63) is 0 Å². The second-order valence-corrected chi connectivity index (χ2v) is 6.87. The van der Waals surface area contributed by atoms with Gasteiger partial charge in [-0.15, -0.1) is 0 Å². The number of rotatable bonds is 6. The molecule has 0 aliphatic carbocycles. The van der Waals surface area contributed by atoms with Gasteiger partial charge >= 0.3 is 12.1 Å². The van der Waals surface area contributed by atoms with Gasteiger partial charge in [0, 0.05) is 32.6 Å². The Morgan fingerprint density at radius 1 is 1.19 bits per heavy atom. The summed E-state index contributed by atoms with van der Waals surface area (Å²) in [4.78, 5) is 12.1. The molecule has 1 saturated heterocycles. The minimum Gasteiger partial charge on any atom is -0.469 e. The summed E-state index contributed by atoms with van der Waals surface area (Å²) in [5.41, 5.74) is 0. The molecule has 0 unspecified atom stereocenters. The van der Waals surface area contributed by atoms with E-state index in [-0.39, 0.29) is 44.8 Å². The van der Waals surface area contributed by atoms with Crippen molar-refractivity contribution < 1.29 is 31.1 Å². The molecule has 0 amide bonds. The zero-order valence-electron chi connectivity index (χ0n) is 11.7. The lowest BCUT2D eigenvalue weighted by atomic mass is 10.3. The fourth-order valence-electron chi connectivity index (χ4n) is 2.05. The number of nitrogens with zero attached hydrogens (tertiary/aromatic N) is 2. The molecule has 124 valence electrons. The Morgan fingerprint density at radius 3 is 2.24 bits per heavy atom. The molecule has 1 aliphatic rings. The summed E-state index contributed by atoms with van der Waals surface area (Å²) in [5, 5.41) is 0. The zero-order chi connectivity index (χ0) is 16.1. The molecule has 1 rings (SSSR count). The molecule has 1 heterocycles. The van der Waals surface area contributed by atoms with Crippen LogP contribution in [0.3, 0.4) is 0 Å².